The Balaban J connectivity index is 1.27. The Morgan fingerprint density at radius 1 is 0.531 bits per heavy atom. The lowest BCUT2D eigenvalue weighted by atomic mass is 9.45. The van der Waals surface area contributed by atoms with E-state index in [1.807, 2.05) is 0 Å². The SMILES string of the molecule is CCC(CC)C1CC(C(CC)CC)CC2(C1)C1CCC3C(C4CCC5CCCCC5C4C3(C)C)C1C1CC(C(C)(C)C)C3CCCCC3C12. The molecule has 15 unspecified atom stereocenters. The summed E-state index contributed by atoms with van der Waals surface area (Å²) in [7, 11) is 0. The van der Waals surface area contributed by atoms with Gasteiger partial charge in [0.25, 0.3) is 0 Å². The van der Waals surface area contributed by atoms with E-state index in [1.165, 1.54) is 38.5 Å². The molecule has 8 saturated carbocycles. The van der Waals surface area contributed by atoms with E-state index >= 15 is 0 Å². The van der Waals surface area contributed by atoms with Gasteiger partial charge >= 0.3 is 0 Å². The van der Waals surface area contributed by atoms with Crippen LogP contribution in [0.1, 0.15) is 191 Å². The van der Waals surface area contributed by atoms with E-state index in [-0.39, 0.29) is 0 Å². The molecule has 0 heterocycles. The molecule has 0 radical (unpaired) electrons. The van der Waals surface area contributed by atoms with Crippen LogP contribution in [0.15, 0.2) is 0 Å². The van der Waals surface area contributed by atoms with E-state index in [4.69, 9.17) is 0 Å². The fourth-order valence-electron chi connectivity index (χ4n) is 19.1. The van der Waals surface area contributed by atoms with Crippen molar-refractivity contribution in [3.05, 3.63) is 0 Å². The molecule has 0 aromatic heterocycles. The maximum Gasteiger partial charge on any atom is -0.0227 e. The Bertz CT molecular complexity index is 1110. The smallest absolute Gasteiger partial charge is 0.0227 e. The van der Waals surface area contributed by atoms with Crippen LogP contribution in [0.5, 0.6) is 0 Å². The summed E-state index contributed by atoms with van der Waals surface area (Å²) >= 11 is 0. The van der Waals surface area contributed by atoms with E-state index in [1.54, 1.807) is 89.9 Å². The van der Waals surface area contributed by atoms with E-state index < -0.39 is 0 Å². The van der Waals surface area contributed by atoms with Crippen LogP contribution in [0.4, 0.5) is 0 Å². The third-order valence-electron chi connectivity index (χ3n) is 20.4. The van der Waals surface area contributed by atoms with Gasteiger partial charge in [0, 0.05) is 0 Å². The van der Waals surface area contributed by atoms with Crippen LogP contribution in [0.25, 0.3) is 0 Å². The molecule has 8 fully saturated rings. The molecule has 280 valence electrons. The molecule has 0 aromatic rings. The van der Waals surface area contributed by atoms with Crippen LogP contribution in [-0.2, 0) is 0 Å². The summed E-state index contributed by atoms with van der Waals surface area (Å²) in [5.41, 5.74) is 1.69. The lowest BCUT2D eigenvalue weighted by Crippen LogP contribution is -2.52. The Morgan fingerprint density at radius 2 is 1.08 bits per heavy atom. The zero-order valence-corrected chi connectivity index (χ0v) is 34.5. The van der Waals surface area contributed by atoms with Crippen molar-refractivity contribution in [2.24, 2.45) is 117 Å². The number of hydrogen-bond acceptors (Lipinski definition) is 0. The van der Waals surface area contributed by atoms with Crippen molar-refractivity contribution < 1.29 is 0 Å². The zero-order valence-electron chi connectivity index (χ0n) is 34.5. The predicted octanol–water partition coefficient (Wildman–Crippen LogP) is 14.5. The first-order valence-corrected chi connectivity index (χ1v) is 23.5. The molecular weight excluding hydrogens is 589 g/mol. The monoisotopic (exact) mass is 673 g/mol. The molecule has 15 atom stereocenters. The minimum atomic E-state index is 0.463. The summed E-state index contributed by atoms with van der Waals surface area (Å²) in [5.74, 6) is 17.5. The first-order valence-electron chi connectivity index (χ1n) is 23.5. The second kappa shape index (κ2) is 13.4. The van der Waals surface area contributed by atoms with Gasteiger partial charge in [0.2, 0.25) is 0 Å². The first-order chi connectivity index (χ1) is 23.5. The van der Waals surface area contributed by atoms with Crippen molar-refractivity contribution in [3.8, 4) is 0 Å². The Kier molecular flexibility index (Phi) is 9.83. The highest BCUT2D eigenvalue weighted by atomic mass is 14.8. The highest BCUT2D eigenvalue weighted by molar-refractivity contribution is 5.21. The molecule has 0 saturated heterocycles. The minimum Gasteiger partial charge on any atom is -0.0651 e. The van der Waals surface area contributed by atoms with Gasteiger partial charge in [-0.15, -0.1) is 0 Å². The van der Waals surface area contributed by atoms with Crippen molar-refractivity contribution >= 4 is 0 Å². The van der Waals surface area contributed by atoms with Crippen LogP contribution in [-0.4, -0.2) is 0 Å². The fraction of sp³-hybridized carbons (Fsp3) is 1.00. The molecule has 0 heteroatoms. The normalized spacial score (nSPS) is 50.4. The molecule has 8 rings (SSSR count). The van der Waals surface area contributed by atoms with Crippen molar-refractivity contribution in [1.29, 1.82) is 0 Å². The number of rotatable bonds is 6. The van der Waals surface area contributed by atoms with Crippen molar-refractivity contribution in [2.75, 3.05) is 0 Å². The molecule has 8 aliphatic rings. The van der Waals surface area contributed by atoms with Crippen molar-refractivity contribution in [3.63, 3.8) is 0 Å². The van der Waals surface area contributed by atoms with Gasteiger partial charge in [0.15, 0.2) is 0 Å². The molecule has 1 spiro atoms. The van der Waals surface area contributed by atoms with Gasteiger partial charge < -0.3 is 0 Å². The minimum absolute atomic E-state index is 0.463. The molecule has 0 aromatic carbocycles. The van der Waals surface area contributed by atoms with Crippen molar-refractivity contribution in [2.45, 2.75) is 191 Å². The summed E-state index contributed by atoms with van der Waals surface area (Å²) in [6, 6.07) is 0. The Labute approximate surface area is 306 Å². The van der Waals surface area contributed by atoms with Crippen LogP contribution in [0.3, 0.4) is 0 Å². The first kappa shape index (κ1) is 36.0. The van der Waals surface area contributed by atoms with E-state index in [9.17, 15) is 0 Å². The van der Waals surface area contributed by atoms with E-state index in [2.05, 4.69) is 62.3 Å². The molecule has 0 amide bonds. The van der Waals surface area contributed by atoms with Gasteiger partial charge in [-0.2, -0.15) is 0 Å². The van der Waals surface area contributed by atoms with Crippen molar-refractivity contribution in [1.82, 2.24) is 0 Å². The standard InChI is InChI=1S/C49H84/c1-10-30(11-2)33-26-34(31(12-3)13-4)29-49(28-33)41-25-24-40-43(38-23-22-32-18-14-15-19-35(32)45(38)48(40,8)9)44(41)39-27-42(47(5,6)7)36-20-16-17-21-37(36)46(39)49/h30-46H,10-29H2,1-9H3. The van der Waals surface area contributed by atoms with Gasteiger partial charge in [-0.25, -0.2) is 0 Å². The Morgan fingerprint density at radius 3 is 1.69 bits per heavy atom. The average molecular weight is 673 g/mol. The molecule has 0 N–H and O–H groups in total. The van der Waals surface area contributed by atoms with Gasteiger partial charge in [0.05, 0.1) is 0 Å². The molecule has 0 bridgehead atoms. The second-order valence-corrected chi connectivity index (χ2v) is 22.8. The quantitative estimate of drug-likeness (QED) is 0.263. The maximum atomic E-state index is 2.86. The van der Waals surface area contributed by atoms with E-state index in [0.29, 0.717) is 16.2 Å². The van der Waals surface area contributed by atoms with Crippen LogP contribution >= 0.6 is 0 Å². The van der Waals surface area contributed by atoms with Gasteiger partial charge in [-0.1, -0.05) is 120 Å². The Hall–Kier alpha value is 0. The van der Waals surface area contributed by atoms with Gasteiger partial charge in [-0.3, -0.25) is 0 Å². The molecular formula is C49H84. The molecule has 0 aliphatic heterocycles. The van der Waals surface area contributed by atoms with Crippen LogP contribution in [0.2, 0.25) is 0 Å². The highest BCUT2D eigenvalue weighted by Gasteiger charge is 2.73. The summed E-state index contributed by atoms with van der Waals surface area (Å²) in [5, 5.41) is 0. The highest BCUT2D eigenvalue weighted by Crippen LogP contribution is 2.79. The van der Waals surface area contributed by atoms with Crippen LogP contribution in [0, 0.1) is 117 Å². The largest absolute Gasteiger partial charge is 0.0651 e. The molecule has 8 aliphatic carbocycles. The second-order valence-electron chi connectivity index (χ2n) is 22.8. The topological polar surface area (TPSA) is 0 Å². The summed E-state index contributed by atoms with van der Waals surface area (Å²) in [4.78, 5) is 0. The molecule has 49 heavy (non-hydrogen) atoms. The van der Waals surface area contributed by atoms with Gasteiger partial charge in [0.1, 0.15) is 0 Å². The molecule has 0 nitrogen and oxygen atoms in total. The lowest BCUT2D eigenvalue weighted by Gasteiger charge is -2.59. The van der Waals surface area contributed by atoms with Crippen LogP contribution < -0.4 is 0 Å². The number of hydrogen-bond donors (Lipinski definition) is 0. The van der Waals surface area contributed by atoms with Gasteiger partial charge in [-0.05, 0) is 187 Å². The lowest BCUT2D eigenvalue weighted by molar-refractivity contribution is -0.106. The summed E-state index contributed by atoms with van der Waals surface area (Å²) in [6.07, 6.45) is 31.2. The van der Waals surface area contributed by atoms with E-state index in [0.717, 1.165) is 101 Å². The fourth-order valence-corrected chi connectivity index (χ4v) is 19.1. The average Bonchev–Trinajstić information content (AvgIpc) is 3.50. The summed E-state index contributed by atoms with van der Waals surface area (Å²) in [6.45, 7) is 24.0. The predicted molar refractivity (Wildman–Crippen MR) is 210 cm³/mol. The number of fused-ring (bicyclic) bond motifs is 13. The summed E-state index contributed by atoms with van der Waals surface area (Å²) < 4.78 is 0. The zero-order chi connectivity index (χ0) is 34.5. The third-order valence-corrected chi connectivity index (χ3v) is 20.4. The maximum absolute atomic E-state index is 2.86. The third kappa shape index (κ3) is 5.49.